The summed E-state index contributed by atoms with van der Waals surface area (Å²) >= 11 is 5.99. The van der Waals surface area contributed by atoms with Crippen molar-refractivity contribution < 1.29 is 0 Å². The van der Waals surface area contributed by atoms with Crippen LogP contribution in [0.15, 0.2) is 34.9 Å². The normalized spacial score (nSPS) is 12.6. The average Bonchev–Trinajstić information content (AvgIpc) is 2.83. The number of rotatable bonds is 6. The topological polar surface area (TPSA) is 29.9 Å². The van der Waals surface area contributed by atoms with E-state index in [0.717, 1.165) is 23.9 Å². The maximum Gasteiger partial charge on any atom is 0.0492 e. The van der Waals surface area contributed by atoms with E-state index in [1.165, 1.54) is 14.8 Å². The molecule has 0 bridgehead atoms. The summed E-state index contributed by atoms with van der Waals surface area (Å²) in [6.07, 6.45) is 3.96. The van der Waals surface area contributed by atoms with E-state index in [1.807, 2.05) is 17.9 Å². The van der Waals surface area contributed by atoms with Crippen LogP contribution in [0.5, 0.6) is 0 Å². The highest BCUT2D eigenvalue weighted by atomic mass is 127. The standard InChI is InChI=1S/C15H19BrIN3/c1-3-18-15(7-5-12-8-9-19-20(12)2)13-10-11(16)4-6-14(13)17/h4,6,8-10,15,18H,3,5,7H2,1-2H3. The first-order chi connectivity index (χ1) is 9.61. The lowest BCUT2D eigenvalue weighted by Crippen LogP contribution is -2.22. The highest BCUT2D eigenvalue weighted by Crippen LogP contribution is 2.27. The molecule has 0 radical (unpaired) electrons. The van der Waals surface area contributed by atoms with E-state index < -0.39 is 0 Å². The van der Waals surface area contributed by atoms with Crippen molar-refractivity contribution in [2.24, 2.45) is 7.05 Å². The van der Waals surface area contributed by atoms with Gasteiger partial charge in [0.05, 0.1) is 0 Å². The number of benzene rings is 1. The molecular formula is C15H19BrIN3. The Morgan fingerprint density at radius 3 is 2.85 bits per heavy atom. The van der Waals surface area contributed by atoms with Gasteiger partial charge in [-0.15, -0.1) is 0 Å². The van der Waals surface area contributed by atoms with Gasteiger partial charge in [-0.3, -0.25) is 4.68 Å². The van der Waals surface area contributed by atoms with E-state index in [1.54, 1.807) is 0 Å². The summed E-state index contributed by atoms with van der Waals surface area (Å²) in [5.41, 5.74) is 2.64. The van der Waals surface area contributed by atoms with Gasteiger partial charge >= 0.3 is 0 Å². The van der Waals surface area contributed by atoms with Crippen molar-refractivity contribution in [1.82, 2.24) is 15.1 Å². The average molecular weight is 448 g/mol. The van der Waals surface area contributed by atoms with Crippen molar-refractivity contribution in [2.45, 2.75) is 25.8 Å². The van der Waals surface area contributed by atoms with Gasteiger partial charge in [-0.05, 0) is 71.8 Å². The van der Waals surface area contributed by atoms with Crippen LogP contribution in [0.25, 0.3) is 0 Å². The van der Waals surface area contributed by atoms with Crippen LogP contribution in [0.1, 0.15) is 30.6 Å². The minimum Gasteiger partial charge on any atom is -0.310 e. The Labute approximate surface area is 142 Å². The van der Waals surface area contributed by atoms with Crippen molar-refractivity contribution in [3.8, 4) is 0 Å². The lowest BCUT2D eigenvalue weighted by molar-refractivity contribution is 0.504. The molecule has 5 heteroatoms. The monoisotopic (exact) mass is 447 g/mol. The molecule has 0 fully saturated rings. The zero-order valence-electron chi connectivity index (χ0n) is 11.7. The Bertz CT molecular complexity index is 568. The zero-order chi connectivity index (χ0) is 14.5. The van der Waals surface area contributed by atoms with Crippen molar-refractivity contribution in [3.63, 3.8) is 0 Å². The molecule has 108 valence electrons. The van der Waals surface area contributed by atoms with Crippen LogP contribution in [0.3, 0.4) is 0 Å². The molecule has 0 spiro atoms. The molecule has 0 saturated carbocycles. The van der Waals surface area contributed by atoms with E-state index in [0.29, 0.717) is 6.04 Å². The molecule has 1 aromatic carbocycles. The molecule has 0 amide bonds. The van der Waals surface area contributed by atoms with E-state index in [4.69, 9.17) is 0 Å². The fourth-order valence-electron chi connectivity index (χ4n) is 2.33. The van der Waals surface area contributed by atoms with E-state index >= 15 is 0 Å². The molecule has 0 aliphatic carbocycles. The smallest absolute Gasteiger partial charge is 0.0492 e. The Morgan fingerprint density at radius 2 is 2.20 bits per heavy atom. The predicted octanol–water partition coefficient (Wildman–Crippen LogP) is 4.07. The lowest BCUT2D eigenvalue weighted by Gasteiger charge is -2.20. The van der Waals surface area contributed by atoms with Gasteiger partial charge in [-0.2, -0.15) is 5.10 Å². The van der Waals surface area contributed by atoms with Gasteiger partial charge in [0.1, 0.15) is 0 Å². The van der Waals surface area contributed by atoms with E-state index in [2.05, 4.69) is 80.1 Å². The van der Waals surface area contributed by atoms with Gasteiger partial charge in [-0.25, -0.2) is 0 Å². The summed E-state index contributed by atoms with van der Waals surface area (Å²) in [5, 5.41) is 7.83. The molecule has 1 aromatic heterocycles. The minimum atomic E-state index is 0.374. The van der Waals surface area contributed by atoms with Crippen LogP contribution < -0.4 is 5.32 Å². The van der Waals surface area contributed by atoms with Crippen molar-refractivity contribution >= 4 is 38.5 Å². The first kappa shape index (κ1) is 16.0. The Hall–Kier alpha value is -0.400. The van der Waals surface area contributed by atoms with Crippen LogP contribution in [0.4, 0.5) is 0 Å². The number of hydrogen-bond acceptors (Lipinski definition) is 2. The predicted molar refractivity (Wildman–Crippen MR) is 94.8 cm³/mol. The fourth-order valence-corrected chi connectivity index (χ4v) is 3.42. The number of aromatic nitrogens is 2. The summed E-state index contributed by atoms with van der Waals surface area (Å²) in [7, 11) is 2.00. The van der Waals surface area contributed by atoms with Crippen LogP contribution in [0.2, 0.25) is 0 Å². The van der Waals surface area contributed by atoms with Crippen molar-refractivity contribution in [3.05, 3.63) is 49.8 Å². The molecule has 0 saturated heterocycles. The Morgan fingerprint density at radius 1 is 1.40 bits per heavy atom. The zero-order valence-corrected chi connectivity index (χ0v) is 15.5. The molecule has 1 unspecified atom stereocenters. The lowest BCUT2D eigenvalue weighted by atomic mass is 10.0. The second-order valence-electron chi connectivity index (χ2n) is 4.76. The van der Waals surface area contributed by atoms with Crippen molar-refractivity contribution in [2.75, 3.05) is 6.54 Å². The third-order valence-corrected chi connectivity index (χ3v) is 4.87. The van der Waals surface area contributed by atoms with Gasteiger partial charge in [0.2, 0.25) is 0 Å². The molecule has 2 aromatic rings. The molecule has 2 rings (SSSR count). The van der Waals surface area contributed by atoms with Gasteiger partial charge in [-0.1, -0.05) is 22.9 Å². The number of nitrogens with one attached hydrogen (secondary N) is 1. The minimum absolute atomic E-state index is 0.374. The van der Waals surface area contributed by atoms with Gasteiger partial charge in [0, 0.05) is 33.0 Å². The maximum atomic E-state index is 4.23. The summed E-state index contributed by atoms with van der Waals surface area (Å²) in [4.78, 5) is 0. The first-order valence-corrected chi connectivity index (χ1v) is 8.64. The van der Waals surface area contributed by atoms with Crippen molar-refractivity contribution in [1.29, 1.82) is 0 Å². The second kappa shape index (κ2) is 7.56. The van der Waals surface area contributed by atoms with Crippen LogP contribution >= 0.6 is 38.5 Å². The molecule has 20 heavy (non-hydrogen) atoms. The summed E-state index contributed by atoms with van der Waals surface area (Å²) in [6.45, 7) is 3.13. The largest absolute Gasteiger partial charge is 0.310 e. The second-order valence-corrected chi connectivity index (χ2v) is 6.84. The molecule has 1 heterocycles. The summed E-state index contributed by atoms with van der Waals surface area (Å²) in [6, 6.07) is 8.94. The number of aryl methyl sites for hydroxylation is 2. The molecule has 3 nitrogen and oxygen atoms in total. The Balaban J connectivity index is 2.14. The third-order valence-electron chi connectivity index (χ3n) is 3.40. The Kier molecular flexibility index (Phi) is 6.04. The number of halogens is 2. The van der Waals surface area contributed by atoms with Gasteiger partial charge < -0.3 is 5.32 Å². The summed E-state index contributed by atoms with van der Waals surface area (Å²) in [5.74, 6) is 0. The molecule has 1 N–H and O–H groups in total. The third kappa shape index (κ3) is 4.05. The quantitative estimate of drug-likeness (QED) is 0.676. The van der Waals surface area contributed by atoms with E-state index in [-0.39, 0.29) is 0 Å². The van der Waals surface area contributed by atoms with Gasteiger partial charge in [0.25, 0.3) is 0 Å². The SMILES string of the molecule is CCNC(CCc1ccnn1C)c1cc(Br)ccc1I. The molecular weight excluding hydrogens is 429 g/mol. The highest BCUT2D eigenvalue weighted by molar-refractivity contribution is 14.1. The number of nitrogens with zero attached hydrogens (tertiary/aromatic N) is 2. The molecule has 0 aliphatic rings. The first-order valence-electron chi connectivity index (χ1n) is 6.77. The van der Waals surface area contributed by atoms with Crippen LogP contribution in [-0.4, -0.2) is 16.3 Å². The van der Waals surface area contributed by atoms with Crippen LogP contribution in [0, 0.1) is 3.57 Å². The molecule has 1 atom stereocenters. The fraction of sp³-hybridized carbons (Fsp3) is 0.400. The summed E-state index contributed by atoms with van der Waals surface area (Å²) < 4.78 is 4.40. The highest BCUT2D eigenvalue weighted by Gasteiger charge is 2.14. The van der Waals surface area contributed by atoms with E-state index in [9.17, 15) is 0 Å². The molecule has 0 aliphatic heterocycles. The number of hydrogen-bond donors (Lipinski definition) is 1. The van der Waals surface area contributed by atoms with Crippen LogP contribution in [-0.2, 0) is 13.5 Å². The maximum absolute atomic E-state index is 4.23. The van der Waals surface area contributed by atoms with Gasteiger partial charge in [0.15, 0.2) is 0 Å².